The topological polar surface area (TPSA) is 69.6 Å². The zero-order chi connectivity index (χ0) is 12.1. The molecule has 1 aromatic carbocycles. The molecular formula is C12H15NO3. The van der Waals surface area contributed by atoms with Crippen molar-refractivity contribution in [1.29, 1.82) is 0 Å². The number of rotatable bonds is 4. The number of phenolic OH excluding ortho intramolecular Hbond substituents is 2. The maximum atomic E-state index is 11.7. The minimum atomic E-state index is -0.302. The Morgan fingerprint density at radius 1 is 1.50 bits per heavy atom. The third kappa shape index (κ3) is 3.02. The molecule has 0 spiro atoms. The van der Waals surface area contributed by atoms with E-state index >= 15 is 0 Å². The van der Waals surface area contributed by atoms with E-state index in [1.54, 1.807) is 6.08 Å². The fourth-order valence-corrected chi connectivity index (χ4v) is 1.28. The first kappa shape index (κ1) is 12.1. The largest absolute Gasteiger partial charge is 0.504 e. The maximum absolute atomic E-state index is 11.7. The van der Waals surface area contributed by atoms with E-state index in [0.29, 0.717) is 12.0 Å². The van der Waals surface area contributed by atoms with Gasteiger partial charge in [0.05, 0.1) is 0 Å². The Balaban J connectivity index is 2.73. The summed E-state index contributed by atoms with van der Waals surface area (Å²) in [5.41, 5.74) is 0.311. The molecule has 0 aliphatic heterocycles. The molecule has 1 amide bonds. The maximum Gasteiger partial charge on any atom is 0.251 e. The van der Waals surface area contributed by atoms with Crippen LogP contribution in [0.25, 0.3) is 0 Å². The van der Waals surface area contributed by atoms with Crippen LogP contribution >= 0.6 is 0 Å². The number of nitrogens with one attached hydrogen (secondary N) is 1. The first-order chi connectivity index (χ1) is 7.54. The minimum Gasteiger partial charge on any atom is -0.504 e. The van der Waals surface area contributed by atoms with E-state index in [2.05, 4.69) is 11.9 Å². The molecule has 86 valence electrons. The van der Waals surface area contributed by atoms with Gasteiger partial charge in [-0.2, -0.15) is 0 Å². The number of aromatic hydroxyl groups is 2. The summed E-state index contributed by atoms with van der Waals surface area (Å²) in [4.78, 5) is 11.7. The molecule has 3 N–H and O–H groups in total. The Kier molecular flexibility index (Phi) is 3.94. The highest BCUT2D eigenvalue weighted by Gasteiger charge is 2.10. The van der Waals surface area contributed by atoms with E-state index in [1.165, 1.54) is 18.2 Å². The van der Waals surface area contributed by atoms with Crippen molar-refractivity contribution in [3.05, 3.63) is 36.4 Å². The summed E-state index contributed by atoms with van der Waals surface area (Å²) in [6, 6.07) is 3.94. The van der Waals surface area contributed by atoms with E-state index < -0.39 is 0 Å². The number of phenols is 2. The van der Waals surface area contributed by atoms with Gasteiger partial charge in [0.1, 0.15) is 0 Å². The summed E-state index contributed by atoms with van der Waals surface area (Å²) in [6.07, 6.45) is 2.40. The average Bonchev–Trinajstić information content (AvgIpc) is 2.22. The van der Waals surface area contributed by atoms with Gasteiger partial charge in [0.2, 0.25) is 0 Å². The predicted molar refractivity (Wildman–Crippen MR) is 61.5 cm³/mol. The first-order valence-corrected chi connectivity index (χ1v) is 4.98. The van der Waals surface area contributed by atoms with Crippen molar-refractivity contribution < 1.29 is 15.0 Å². The molecule has 0 heterocycles. The lowest BCUT2D eigenvalue weighted by molar-refractivity contribution is 0.0940. The van der Waals surface area contributed by atoms with Crippen LogP contribution in [-0.2, 0) is 0 Å². The van der Waals surface area contributed by atoms with Crippen LogP contribution < -0.4 is 5.32 Å². The van der Waals surface area contributed by atoms with E-state index in [4.69, 9.17) is 5.11 Å². The summed E-state index contributed by atoms with van der Waals surface area (Å²) in [5, 5.41) is 21.1. The normalized spacial score (nSPS) is 11.8. The molecular weight excluding hydrogens is 206 g/mol. The molecule has 0 aromatic heterocycles. The molecule has 0 saturated heterocycles. The van der Waals surface area contributed by atoms with Gasteiger partial charge in [-0.25, -0.2) is 0 Å². The van der Waals surface area contributed by atoms with E-state index in [9.17, 15) is 9.90 Å². The molecule has 16 heavy (non-hydrogen) atoms. The van der Waals surface area contributed by atoms with Gasteiger partial charge in [-0.15, -0.1) is 6.58 Å². The number of carbonyl (C=O) groups is 1. The molecule has 1 aromatic rings. The van der Waals surface area contributed by atoms with Crippen LogP contribution in [0.15, 0.2) is 30.9 Å². The van der Waals surface area contributed by atoms with E-state index in [-0.39, 0.29) is 23.4 Å². The zero-order valence-electron chi connectivity index (χ0n) is 9.10. The van der Waals surface area contributed by atoms with Gasteiger partial charge in [-0.05, 0) is 31.5 Å². The van der Waals surface area contributed by atoms with E-state index in [0.717, 1.165) is 0 Å². The molecule has 0 radical (unpaired) electrons. The SMILES string of the molecule is C=CCC(C)NC(=O)c1ccc(O)c(O)c1. The Morgan fingerprint density at radius 2 is 2.19 bits per heavy atom. The smallest absolute Gasteiger partial charge is 0.251 e. The molecule has 1 atom stereocenters. The first-order valence-electron chi connectivity index (χ1n) is 4.98. The number of hydrogen-bond donors (Lipinski definition) is 3. The number of amides is 1. The van der Waals surface area contributed by atoms with E-state index in [1.807, 2.05) is 6.92 Å². The molecule has 1 unspecified atom stereocenters. The van der Waals surface area contributed by atoms with Crippen molar-refractivity contribution in [3.63, 3.8) is 0 Å². The molecule has 4 heteroatoms. The van der Waals surface area contributed by atoms with Gasteiger partial charge in [0, 0.05) is 11.6 Å². The Hall–Kier alpha value is -1.97. The summed E-state index contributed by atoms with van der Waals surface area (Å²) in [6.45, 7) is 5.44. The number of hydrogen-bond acceptors (Lipinski definition) is 3. The van der Waals surface area contributed by atoms with Crippen molar-refractivity contribution in [3.8, 4) is 11.5 Å². The standard InChI is InChI=1S/C12H15NO3/c1-3-4-8(2)13-12(16)9-5-6-10(14)11(15)7-9/h3,5-8,14-15H,1,4H2,2H3,(H,13,16). The van der Waals surface area contributed by atoms with Crippen molar-refractivity contribution in [2.75, 3.05) is 0 Å². The summed E-state index contributed by atoms with van der Waals surface area (Å²) in [7, 11) is 0. The van der Waals surface area contributed by atoms with Gasteiger partial charge >= 0.3 is 0 Å². The predicted octanol–water partition coefficient (Wildman–Crippen LogP) is 1.79. The van der Waals surface area contributed by atoms with Gasteiger partial charge < -0.3 is 15.5 Å². The van der Waals surface area contributed by atoms with Gasteiger partial charge in [-0.3, -0.25) is 4.79 Å². The fraction of sp³-hybridized carbons (Fsp3) is 0.250. The highest BCUT2D eigenvalue weighted by Crippen LogP contribution is 2.24. The monoisotopic (exact) mass is 221 g/mol. The van der Waals surface area contributed by atoms with Crippen molar-refractivity contribution in [2.24, 2.45) is 0 Å². The highest BCUT2D eigenvalue weighted by atomic mass is 16.3. The number of carbonyl (C=O) groups excluding carboxylic acids is 1. The van der Waals surface area contributed by atoms with Crippen LogP contribution in [0.1, 0.15) is 23.7 Å². The van der Waals surface area contributed by atoms with Crippen LogP contribution in [0.3, 0.4) is 0 Å². The summed E-state index contributed by atoms with van der Waals surface area (Å²) in [5.74, 6) is -0.829. The van der Waals surface area contributed by atoms with Crippen LogP contribution in [0.2, 0.25) is 0 Å². The summed E-state index contributed by atoms with van der Waals surface area (Å²) < 4.78 is 0. The van der Waals surface area contributed by atoms with Crippen LogP contribution in [-0.4, -0.2) is 22.2 Å². The van der Waals surface area contributed by atoms with Crippen LogP contribution in [0, 0.1) is 0 Å². The van der Waals surface area contributed by atoms with Crippen molar-refractivity contribution in [1.82, 2.24) is 5.32 Å². The summed E-state index contributed by atoms with van der Waals surface area (Å²) >= 11 is 0. The molecule has 0 saturated carbocycles. The second-order valence-corrected chi connectivity index (χ2v) is 3.60. The zero-order valence-corrected chi connectivity index (χ0v) is 9.10. The highest BCUT2D eigenvalue weighted by molar-refractivity contribution is 5.95. The molecule has 0 aliphatic carbocycles. The van der Waals surface area contributed by atoms with Gasteiger partial charge in [0.25, 0.3) is 5.91 Å². The third-order valence-electron chi connectivity index (χ3n) is 2.14. The molecule has 0 aliphatic rings. The van der Waals surface area contributed by atoms with Gasteiger partial charge in [-0.1, -0.05) is 6.08 Å². The van der Waals surface area contributed by atoms with Crippen LogP contribution in [0.4, 0.5) is 0 Å². The quantitative estimate of drug-likeness (QED) is 0.536. The lowest BCUT2D eigenvalue weighted by Gasteiger charge is -2.11. The van der Waals surface area contributed by atoms with Crippen LogP contribution in [0.5, 0.6) is 11.5 Å². The second kappa shape index (κ2) is 5.21. The lowest BCUT2D eigenvalue weighted by Crippen LogP contribution is -2.31. The number of benzene rings is 1. The Labute approximate surface area is 94.2 Å². The average molecular weight is 221 g/mol. The molecule has 0 bridgehead atoms. The molecule has 1 rings (SSSR count). The van der Waals surface area contributed by atoms with Crippen molar-refractivity contribution in [2.45, 2.75) is 19.4 Å². The minimum absolute atomic E-state index is 0.0130. The Bertz CT molecular complexity index is 401. The third-order valence-corrected chi connectivity index (χ3v) is 2.14. The Morgan fingerprint density at radius 3 is 2.75 bits per heavy atom. The molecule has 4 nitrogen and oxygen atoms in total. The second-order valence-electron chi connectivity index (χ2n) is 3.60. The molecule has 0 fully saturated rings. The fourth-order valence-electron chi connectivity index (χ4n) is 1.28. The van der Waals surface area contributed by atoms with Gasteiger partial charge in [0.15, 0.2) is 11.5 Å². The van der Waals surface area contributed by atoms with Crippen molar-refractivity contribution >= 4 is 5.91 Å². The lowest BCUT2D eigenvalue weighted by atomic mass is 10.1.